The largest absolute Gasteiger partial charge is 0.464 e. The number of hydrogen-bond donors (Lipinski definition) is 0. The van der Waals surface area contributed by atoms with Gasteiger partial charge in [0.1, 0.15) is 0 Å². The summed E-state index contributed by atoms with van der Waals surface area (Å²) in [5, 5.41) is 0. The van der Waals surface area contributed by atoms with Crippen LogP contribution in [0.4, 0.5) is 0 Å². The van der Waals surface area contributed by atoms with E-state index in [-0.39, 0.29) is 5.97 Å². The van der Waals surface area contributed by atoms with Crippen molar-refractivity contribution < 1.29 is 14.3 Å². The van der Waals surface area contributed by atoms with E-state index in [1.54, 1.807) is 6.92 Å². The van der Waals surface area contributed by atoms with Gasteiger partial charge in [-0.05, 0) is 26.2 Å². The van der Waals surface area contributed by atoms with E-state index in [1.165, 1.54) is 25.7 Å². The van der Waals surface area contributed by atoms with E-state index in [4.69, 9.17) is 9.47 Å². The average molecular weight is 240 g/mol. The summed E-state index contributed by atoms with van der Waals surface area (Å²) in [5.41, 5.74) is 0. The van der Waals surface area contributed by atoms with Crippen LogP contribution in [0.1, 0.15) is 51.9 Å². The molecule has 1 aliphatic heterocycles. The molecular formula is C14H24O3. The van der Waals surface area contributed by atoms with Crippen LogP contribution < -0.4 is 0 Å². The summed E-state index contributed by atoms with van der Waals surface area (Å²) in [6.07, 6.45) is 12.0. The molecule has 0 radical (unpaired) electrons. The Morgan fingerprint density at radius 2 is 1.76 bits per heavy atom. The lowest BCUT2D eigenvalue weighted by molar-refractivity contribution is -0.155. The number of esters is 1. The van der Waals surface area contributed by atoms with Crippen molar-refractivity contribution in [2.75, 3.05) is 13.2 Å². The number of carbonyl (C=O) groups excluding carboxylic acids is 1. The van der Waals surface area contributed by atoms with Crippen LogP contribution in [0, 0.1) is 0 Å². The van der Waals surface area contributed by atoms with Crippen molar-refractivity contribution >= 4 is 5.97 Å². The predicted molar refractivity (Wildman–Crippen MR) is 67.8 cm³/mol. The van der Waals surface area contributed by atoms with Crippen molar-refractivity contribution in [2.45, 2.75) is 58.0 Å². The number of hydrogen-bond acceptors (Lipinski definition) is 3. The first-order valence-electron chi connectivity index (χ1n) is 6.74. The molecule has 17 heavy (non-hydrogen) atoms. The van der Waals surface area contributed by atoms with Gasteiger partial charge < -0.3 is 9.47 Å². The minimum absolute atomic E-state index is 0.242. The molecule has 1 aliphatic rings. The van der Waals surface area contributed by atoms with Crippen molar-refractivity contribution in [1.82, 2.24) is 0 Å². The summed E-state index contributed by atoms with van der Waals surface area (Å²) in [6, 6.07) is 0. The fourth-order valence-electron chi connectivity index (χ4n) is 1.82. The highest BCUT2D eigenvalue weighted by molar-refractivity contribution is 5.74. The van der Waals surface area contributed by atoms with E-state index in [9.17, 15) is 4.79 Å². The highest BCUT2D eigenvalue weighted by atomic mass is 16.6. The molecule has 3 nitrogen and oxygen atoms in total. The Morgan fingerprint density at radius 1 is 1.06 bits per heavy atom. The average Bonchev–Trinajstić information content (AvgIpc) is 2.34. The maximum atomic E-state index is 11.5. The zero-order chi connectivity index (χ0) is 12.3. The Balaban J connectivity index is 2.31. The second kappa shape index (κ2) is 9.23. The first-order chi connectivity index (χ1) is 8.30. The highest BCUT2D eigenvalue weighted by Crippen LogP contribution is 2.08. The van der Waals surface area contributed by atoms with E-state index in [0.29, 0.717) is 13.2 Å². The number of carbonyl (C=O) groups is 1. The minimum atomic E-state index is -0.454. The summed E-state index contributed by atoms with van der Waals surface area (Å²) < 4.78 is 10.5. The van der Waals surface area contributed by atoms with Crippen LogP contribution in [0.15, 0.2) is 12.2 Å². The van der Waals surface area contributed by atoms with E-state index in [1.807, 2.05) is 6.08 Å². The number of ether oxygens (including phenoxy) is 2. The van der Waals surface area contributed by atoms with Crippen LogP contribution in [0.2, 0.25) is 0 Å². The number of allylic oxidation sites excluding steroid dienone is 1. The third-order valence-corrected chi connectivity index (χ3v) is 2.95. The molecule has 0 saturated heterocycles. The van der Waals surface area contributed by atoms with E-state index < -0.39 is 6.10 Å². The van der Waals surface area contributed by atoms with Crippen molar-refractivity contribution in [3.8, 4) is 0 Å². The molecule has 0 aromatic carbocycles. The summed E-state index contributed by atoms with van der Waals surface area (Å²) in [5.74, 6) is -0.242. The van der Waals surface area contributed by atoms with Crippen LogP contribution in [-0.2, 0) is 14.3 Å². The van der Waals surface area contributed by atoms with Gasteiger partial charge in [-0.15, -0.1) is 0 Å². The van der Waals surface area contributed by atoms with Gasteiger partial charge in [0.15, 0.2) is 6.10 Å². The Bertz CT molecular complexity index is 236. The Hall–Kier alpha value is -0.830. The summed E-state index contributed by atoms with van der Waals surface area (Å²) >= 11 is 0. The van der Waals surface area contributed by atoms with Gasteiger partial charge in [0.25, 0.3) is 0 Å². The SMILES string of the molecule is C[C@@H]1OC/C=C/CCCCCCCCOC1=O. The summed E-state index contributed by atoms with van der Waals surface area (Å²) in [4.78, 5) is 11.5. The summed E-state index contributed by atoms with van der Waals surface area (Å²) in [7, 11) is 0. The van der Waals surface area contributed by atoms with Gasteiger partial charge in [0, 0.05) is 0 Å². The maximum Gasteiger partial charge on any atom is 0.334 e. The topological polar surface area (TPSA) is 35.5 Å². The molecule has 0 spiro atoms. The molecule has 3 heteroatoms. The second-order valence-electron chi connectivity index (χ2n) is 4.52. The van der Waals surface area contributed by atoms with Crippen LogP contribution in [0.3, 0.4) is 0 Å². The van der Waals surface area contributed by atoms with Crippen LogP contribution in [0.5, 0.6) is 0 Å². The van der Waals surface area contributed by atoms with Crippen molar-refractivity contribution in [2.24, 2.45) is 0 Å². The van der Waals surface area contributed by atoms with Gasteiger partial charge in [-0.2, -0.15) is 0 Å². The Kier molecular flexibility index (Phi) is 7.72. The molecule has 0 aliphatic carbocycles. The maximum absolute atomic E-state index is 11.5. The lowest BCUT2D eigenvalue weighted by atomic mass is 10.1. The van der Waals surface area contributed by atoms with Crippen LogP contribution in [0.25, 0.3) is 0 Å². The highest BCUT2D eigenvalue weighted by Gasteiger charge is 2.13. The first kappa shape index (κ1) is 14.2. The fraction of sp³-hybridized carbons (Fsp3) is 0.786. The molecule has 0 bridgehead atoms. The zero-order valence-corrected chi connectivity index (χ0v) is 10.8. The van der Waals surface area contributed by atoms with E-state index in [0.717, 1.165) is 19.3 Å². The summed E-state index contributed by atoms with van der Waals surface area (Å²) in [6.45, 7) is 2.77. The zero-order valence-electron chi connectivity index (χ0n) is 10.8. The lowest BCUT2D eigenvalue weighted by Crippen LogP contribution is -2.23. The van der Waals surface area contributed by atoms with Crippen LogP contribution >= 0.6 is 0 Å². The minimum Gasteiger partial charge on any atom is -0.464 e. The Morgan fingerprint density at radius 3 is 2.59 bits per heavy atom. The molecule has 1 atom stereocenters. The van der Waals surface area contributed by atoms with Gasteiger partial charge in [0.2, 0.25) is 0 Å². The van der Waals surface area contributed by atoms with Gasteiger partial charge >= 0.3 is 5.97 Å². The standard InChI is InChI=1S/C14H24O3/c1-13-14(15)17-12-10-8-6-4-2-3-5-7-9-11-16-13/h7,9,13H,2-6,8,10-12H2,1H3/b9-7+/t13-/m0/s1. The molecule has 0 N–H and O–H groups in total. The number of rotatable bonds is 0. The molecule has 0 saturated carbocycles. The lowest BCUT2D eigenvalue weighted by Gasteiger charge is -2.11. The van der Waals surface area contributed by atoms with Crippen molar-refractivity contribution in [3.05, 3.63) is 12.2 Å². The molecule has 1 rings (SSSR count). The van der Waals surface area contributed by atoms with Gasteiger partial charge in [-0.25, -0.2) is 4.79 Å². The molecule has 0 unspecified atom stereocenters. The third-order valence-electron chi connectivity index (χ3n) is 2.95. The van der Waals surface area contributed by atoms with Gasteiger partial charge in [-0.3, -0.25) is 0 Å². The van der Waals surface area contributed by atoms with Gasteiger partial charge in [0.05, 0.1) is 13.2 Å². The van der Waals surface area contributed by atoms with Crippen molar-refractivity contribution in [1.29, 1.82) is 0 Å². The normalized spacial score (nSPS) is 27.6. The van der Waals surface area contributed by atoms with Gasteiger partial charge in [-0.1, -0.05) is 37.8 Å². The fourth-order valence-corrected chi connectivity index (χ4v) is 1.82. The van der Waals surface area contributed by atoms with Crippen molar-refractivity contribution in [3.63, 3.8) is 0 Å². The monoisotopic (exact) mass is 240 g/mol. The number of cyclic esters (lactones) is 1. The second-order valence-corrected chi connectivity index (χ2v) is 4.52. The smallest absolute Gasteiger partial charge is 0.334 e. The molecule has 98 valence electrons. The third kappa shape index (κ3) is 7.16. The molecule has 0 amide bonds. The molecule has 0 aromatic heterocycles. The first-order valence-corrected chi connectivity index (χ1v) is 6.74. The quantitative estimate of drug-likeness (QED) is 0.481. The molecular weight excluding hydrogens is 216 g/mol. The predicted octanol–water partition coefficient (Wildman–Crippen LogP) is 3.24. The Labute approximate surface area is 104 Å². The molecule has 0 fully saturated rings. The van der Waals surface area contributed by atoms with E-state index >= 15 is 0 Å². The molecule has 0 aromatic rings. The molecule has 1 heterocycles. The van der Waals surface area contributed by atoms with E-state index in [2.05, 4.69) is 6.08 Å². The van der Waals surface area contributed by atoms with Crippen LogP contribution in [-0.4, -0.2) is 25.3 Å².